The molecule has 0 radical (unpaired) electrons. The maximum absolute atomic E-state index is 11.9. The quantitative estimate of drug-likeness (QED) is 0.858. The van der Waals surface area contributed by atoms with Crippen LogP contribution in [0, 0.1) is 12.8 Å². The molecule has 1 aromatic heterocycles. The van der Waals surface area contributed by atoms with Gasteiger partial charge < -0.3 is 5.11 Å². The molecule has 0 aliphatic rings. The largest absolute Gasteiger partial charge is 0.477 e. The topological polar surface area (TPSA) is 83.5 Å². The van der Waals surface area contributed by atoms with Gasteiger partial charge in [0.15, 0.2) is 0 Å². The summed E-state index contributed by atoms with van der Waals surface area (Å²) in [7, 11) is -3.60. The zero-order chi connectivity index (χ0) is 13.2. The van der Waals surface area contributed by atoms with Crippen molar-refractivity contribution in [3.8, 4) is 0 Å². The van der Waals surface area contributed by atoms with Crippen LogP contribution in [0.2, 0.25) is 0 Å². The molecule has 7 heteroatoms. The van der Waals surface area contributed by atoms with Crippen LogP contribution in [0.15, 0.2) is 11.0 Å². The third kappa shape index (κ3) is 3.52. The van der Waals surface area contributed by atoms with Crippen molar-refractivity contribution in [3.63, 3.8) is 0 Å². The number of hydrogen-bond donors (Lipinski definition) is 2. The molecule has 0 unspecified atom stereocenters. The number of sulfonamides is 1. The Morgan fingerprint density at radius 2 is 2.12 bits per heavy atom. The number of nitrogens with one attached hydrogen (secondary N) is 1. The Morgan fingerprint density at radius 3 is 2.53 bits per heavy atom. The fourth-order valence-electron chi connectivity index (χ4n) is 1.19. The molecular formula is C10H15NO4S2. The van der Waals surface area contributed by atoms with Crippen molar-refractivity contribution < 1.29 is 18.3 Å². The SMILES string of the molecule is Cc1sc(C(=O)O)cc1S(=O)(=O)NCC(C)C. The van der Waals surface area contributed by atoms with Crippen LogP contribution in [0.25, 0.3) is 0 Å². The van der Waals surface area contributed by atoms with Crippen LogP contribution in [0.1, 0.15) is 28.4 Å². The standard InChI is InChI=1S/C10H15NO4S2/c1-6(2)5-11-17(14,15)9-4-8(10(12)13)16-7(9)3/h4,6,11H,5H2,1-3H3,(H,12,13). The van der Waals surface area contributed by atoms with Gasteiger partial charge in [-0.15, -0.1) is 11.3 Å². The molecule has 0 bridgehead atoms. The van der Waals surface area contributed by atoms with Crippen LogP contribution in [0.5, 0.6) is 0 Å². The lowest BCUT2D eigenvalue weighted by atomic mass is 10.2. The molecule has 0 saturated carbocycles. The van der Waals surface area contributed by atoms with E-state index < -0.39 is 16.0 Å². The monoisotopic (exact) mass is 277 g/mol. The van der Waals surface area contributed by atoms with Gasteiger partial charge in [-0.1, -0.05) is 13.8 Å². The van der Waals surface area contributed by atoms with E-state index in [9.17, 15) is 13.2 Å². The first-order valence-corrected chi connectivity index (χ1v) is 7.37. The average Bonchev–Trinajstić information content (AvgIpc) is 2.58. The van der Waals surface area contributed by atoms with Gasteiger partial charge in [-0.3, -0.25) is 0 Å². The molecule has 17 heavy (non-hydrogen) atoms. The van der Waals surface area contributed by atoms with Crippen molar-refractivity contribution in [3.05, 3.63) is 15.8 Å². The third-order valence-corrected chi connectivity index (χ3v) is 4.77. The first-order chi connectivity index (χ1) is 7.74. The van der Waals surface area contributed by atoms with Crippen LogP contribution in [-0.4, -0.2) is 26.0 Å². The van der Waals surface area contributed by atoms with Crippen LogP contribution < -0.4 is 4.72 Å². The van der Waals surface area contributed by atoms with Crippen molar-refractivity contribution in [2.24, 2.45) is 5.92 Å². The van der Waals surface area contributed by atoms with Crippen molar-refractivity contribution in [1.82, 2.24) is 4.72 Å². The lowest BCUT2D eigenvalue weighted by Crippen LogP contribution is -2.27. The van der Waals surface area contributed by atoms with Crippen molar-refractivity contribution >= 4 is 27.3 Å². The van der Waals surface area contributed by atoms with E-state index in [0.717, 1.165) is 11.3 Å². The third-order valence-electron chi connectivity index (χ3n) is 2.05. The maximum atomic E-state index is 11.9. The van der Waals surface area contributed by atoms with Gasteiger partial charge in [0.2, 0.25) is 10.0 Å². The maximum Gasteiger partial charge on any atom is 0.345 e. The highest BCUT2D eigenvalue weighted by molar-refractivity contribution is 7.89. The normalized spacial score (nSPS) is 12.0. The van der Waals surface area contributed by atoms with Gasteiger partial charge in [-0.25, -0.2) is 17.9 Å². The van der Waals surface area contributed by atoms with Crippen LogP contribution in [-0.2, 0) is 10.0 Å². The van der Waals surface area contributed by atoms with E-state index in [0.29, 0.717) is 11.4 Å². The molecule has 1 aromatic rings. The summed E-state index contributed by atoms with van der Waals surface area (Å²) in [6, 6.07) is 1.20. The molecule has 5 nitrogen and oxygen atoms in total. The minimum absolute atomic E-state index is 0.0346. The summed E-state index contributed by atoms with van der Waals surface area (Å²) in [5, 5.41) is 8.80. The molecule has 2 N–H and O–H groups in total. The molecule has 96 valence electrons. The van der Waals surface area contributed by atoms with Crippen LogP contribution >= 0.6 is 11.3 Å². The molecular weight excluding hydrogens is 262 g/mol. The Kier molecular flexibility index (Phi) is 4.29. The minimum Gasteiger partial charge on any atom is -0.477 e. The van der Waals surface area contributed by atoms with Crippen molar-refractivity contribution in [1.29, 1.82) is 0 Å². The van der Waals surface area contributed by atoms with Gasteiger partial charge in [0, 0.05) is 11.4 Å². The van der Waals surface area contributed by atoms with Gasteiger partial charge in [0.1, 0.15) is 4.88 Å². The summed E-state index contributed by atoms with van der Waals surface area (Å²) in [5.74, 6) is -0.911. The van der Waals surface area contributed by atoms with Gasteiger partial charge in [-0.2, -0.15) is 0 Å². The highest BCUT2D eigenvalue weighted by Crippen LogP contribution is 2.25. The first kappa shape index (κ1) is 14.1. The number of carbonyl (C=O) groups is 1. The fraction of sp³-hybridized carbons (Fsp3) is 0.500. The lowest BCUT2D eigenvalue weighted by Gasteiger charge is -2.07. The van der Waals surface area contributed by atoms with E-state index in [-0.39, 0.29) is 15.7 Å². The number of hydrogen-bond acceptors (Lipinski definition) is 4. The fourth-order valence-corrected chi connectivity index (χ4v) is 3.83. The summed E-state index contributed by atoms with van der Waals surface area (Å²) in [5.41, 5.74) is 0. The Balaban J connectivity index is 3.03. The Morgan fingerprint density at radius 1 is 1.53 bits per heavy atom. The zero-order valence-corrected chi connectivity index (χ0v) is 11.5. The smallest absolute Gasteiger partial charge is 0.345 e. The van der Waals surface area contributed by atoms with E-state index in [1.807, 2.05) is 13.8 Å². The minimum atomic E-state index is -3.60. The van der Waals surface area contributed by atoms with Gasteiger partial charge in [0.25, 0.3) is 0 Å². The van der Waals surface area contributed by atoms with Gasteiger partial charge >= 0.3 is 5.97 Å². The molecule has 0 saturated heterocycles. The predicted octanol–water partition coefficient (Wildman–Crippen LogP) is 1.69. The number of carboxylic acid groups (broad SMARTS) is 1. The van der Waals surface area contributed by atoms with Gasteiger partial charge in [-0.05, 0) is 18.9 Å². The zero-order valence-electron chi connectivity index (χ0n) is 9.85. The Labute approximate surface area is 105 Å². The van der Waals surface area contributed by atoms with Crippen LogP contribution in [0.3, 0.4) is 0 Å². The van der Waals surface area contributed by atoms with E-state index >= 15 is 0 Å². The highest BCUT2D eigenvalue weighted by Gasteiger charge is 2.21. The lowest BCUT2D eigenvalue weighted by molar-refractivity contribution is 0.0702. The Bertz CT molecular complexity index is 516. The average molecular weight is 277 g/mol. The predicted molar refractivity (Wildman–Crippen MR) is 66.0 cm³/mol. The number of carboxylic acids is 1. The molecule has 1 rings (SSSR count). The second-order valence-corrected chi connectivity index (χ2v) is 7.07. The first-order valence-electron chi connectivity index (χ1n) is 5.07. The molecule has 0 spiro atoms. The number of thiophene rings is 1. The molecule has 0 atom stereocenters. The number of aryl methyl sites for hydroxylation is 1. The summed E-state index contributed by atoms with van der Waals surface area (Å²) >= 11 is 0.965. The second kappa shape index (κ2) is 5.16. The highest BCUT2D eigenvalue weighted by atomic mass is 32.2. The summed E-state index contributed by atoms with van der Waals surface area (Å²) in [6.07, 6.45) is 0. The number of rotatable bonds is 5. The van der Waals surface area contributed by atoms with Crippen molar-refractivity contribution in [2.75, 3.05) is 6.54 Å². The van der Waals surface area contributed by atoms with Crippen molar-refractivity contribution in [2.45, 2.75) is 25.7 Å². The van der Waals surface area contributed by atoms with E-state index in [2.05, 4.69) is 4.72 Å². The molecule has 0 aliphatic carbocycles. The summed E-state index contributed by atoms with van der Waals surface area (Å²) < 4.78 is 26.2. The van der Waals surface area contributed by atoms with Crippen LogP contribution in [0.4, 0.5) is 0 Å². The molecule has 0 aromatic carbocycles. The number of aromatic carboxylic acids is 1. The molecule has 0 fully saturated rings. The molecule has 1 heterocycles. The van der Waals surface area contributed by atoms with E-state index in [4.69, 9.17) is 5.11 Å². The van der Waals surface area contributed by atoms with E-state index in [1.165, 1.54) is 6.07 Å². The molecule has 0 amide bonds. The Hall–Kier alpha value is -0.920. The van der Waals surface area contributed by atoms with Gasteiger partial charge in [0.05, 0.1) is 4.90 Å². The summed E-state index contributed by atoms with van der Waals surface area (Å²) in [4.78, 5) is 11.3. The van der Waals surface area contributed by atoms with E-state index in [1.54, 1.807) is 6.92 Å². The summed E-state index contributed by atoms with van der Waals surface area (Å²) in [6.45, 7) is 5.72. The second-order valence-electron chi connectivity index (χ2n) is 4.08. The molecule has 0 aliphatic heterocycles.